The Hall–Kier alpha value is -2.58. The molecular weight excluding hydrogens is 445 g/mol. The van der Waals surface area contributed by atoms with Crippen LogP contribution < -0.4 is 4.74 Å². The molecule has 1 N–H and O–H groups in total. The summed E-state index contributed by atoms with van der Waals surface area (Å²) in [5.41, 5.74) is 2.01. The summed E-state index contributed by atoms with van der Waals surface area (Å²) in [7, 11) is 0. The molecule has 8 heteroatoms. The quantitative estimate of drug-likeness (QED) is 0.584. The number of rotatable bonds is 8. The van der Waals surface area contributed by atoms with E-state index in [1.807, 2.05) is 13.8 Å². The van der Waals surface area contributed by atoms with Crippen LogP contribution in [0.4, 0.5) is 13.2 Å². The third-order valence-corrected chi connectivity index (χ3v) is 6.26. The Labute approximate surface area is 199 Å². The van der Waals surface area contributed by atoms with Crippen molar-refractivity contribution in [1.82, 2.24) is 9.80 Å². The predicted molar refractivity (Wildman–Crippen MR) is 125 cm³/mol. The van der Waals surface area contributed by atoms with Crippen LogP contribution in [0.3, 0.4) is 0 Å². The molecule has 1 aliphatic rings. The predicted octanol–water partition coefficient (Wildman–Crippen LogP) is 4.92. The molecule has 2 aromatic carbocycles. The van der Waals surface area contributed by atoms with E-state index in [0.29, 0.717) is 12.3 Å². The minimum absolute atomic E-state index is 0.614. The number of ether oxygens (including phenoxy) is 1. The van der Waals surface area contributed by atoms with Gasteiger partial charge in [-0.3, -0.25) is 4.90 Å². The Morgan fingerprint density at radius 3 is 1.97 bits per heavy atom. The molecule has 0 unspecified atom stereocenters. The van der Waals surface area contributed by atoms with Crippen LogP contribution in [0.5, 0.6) is 5.75 Å². The fraction of sp³-hybridized carbons (Fsp3) is 0.500. The van der Waals surface area contributed by atoms with Gasteiger partial charge in [-0.05, 0) is 68.5 Å². The highest BCUT2D eigenvalue weighted by atomic mass is 19.4. The average Bonchev–Trinajstić information content (AvgIpc) is 2.75. The van der Waals surface area contributed by atoms with Crippen molar-refractivity contribution in [2.24, 2.45) is 0 Å². The second-order valence-electron chi connectivity index (χ2n) is 9.54. The molecule has 2 aromatic rings. The van der Waals surface area contributed by atoms with E-state index >= 15 is 0 Å². The fourth-order valence-electron chi connectivity index (χ4n) is 4.16. The number of piperazine rings is 1. The molecule has 1 fully saturated rings. The molecule has 1 saturated heterocycles. The van der Waals surface area contributed by atoms with E-state index in [4.69, 9.17) is 4.74 Å². The Kier molecular flexibility index (Phi) is 7.93. The van der Waals surface area contributed by atoms with E-state index in [0.717, 1.165) is 68.0 Å². The zero-order valence-electron chi connectivity index (χ0n) is 20.2. The molecule has 0 aliphatic carbocycles. The molecule has 1 aliphatic heterocycles. The van der Waals surface area contributed by atoms with Crippen LogP contribution in [-0.4, -0.2) is 59.2 Å². The number of aliphatic carboxylic acids is 1. The fourth-order valence-corrected chi connectivity index (χ4v) is 4.16. The summed E-state index contributed by atoms with van der Waals surface area (Å²) in [5, 5.41) is 9.33. The van der Waals surface area contributed by atoms with Gasteiger partial charge in [0, 0.05) is 39.3 Å². The van der Waals surface area contributed by atoms with Gasteiger partial charge in [0.05, 0.1) is 5.56 Å². The summed E-state index contributed by atoms with van der Waals surface area (Å²) in [5.74, 6) is -0.388. The number of hydrogen-bond donors (Lipinski definition) is 1. The van der Waals surface area contributed by atoms with E-state index in [-0.39, 0.29) is 0 Å². The van der Waals surface area contributed by atoms with Crippen LogP contribution in [0.2, 0.25) is 0 Å². The molecular formula is C26H33F3N2O3. The molecule has 0 aromatic heterocycles. The minimum Gasteiger partial charge on any atom is -0.478 e. The number of carbonyl (C=O) groups is 1. The molecule has 0 amide bonds. The first-order valence-electron chi connectivity index (χ1n) is 11.5. The van der Waals surface area contributed by atoms with Crippen molar-refractivity contribution in [2.45, 2.75) is 52.4 Å². The second-order valence-corrected chi connectivity index (χ2v) is 9.54. The molecule has 3 rings (SSSR count). The van der Waals surface area contributed by atoms with Crippen molar-refractivity contribution in [2.75, 3.05) is 32.7 Å². The SMILES string of the molecule is Cc1cc(CCN2CCN(Cc3ccc(C(F)(F)F)cc3)CC2)cc(C)c1OC(C)(C)C(=O)O. The largest absolute Gasteiger partial charge is 0.478 e. The van der Waals surface area contributed by atoms with Gasteiger partial charge < -0.3 is 14.7 Å². The van der Waals surface area contributed by atoms with Gasteiger partial charge in [-0.1, -0.05) is 24.3 Å². The summed E-state index contributed by atoms with van der Waals surface area (Å²) in [6.07, 6.45) is -3.42. The van der Waals surface area contributed by atoms with Gasteiger partial charge in [-0.2, -0.15) is 13.2 Å². The van der Waals surface area contributed by atoms with Crippen LogP contribution in [0, 0.1) is 13.8 Å². The third-order valence-electron chi connectivity index (χ3n) is 6.26. The smallest absolute Gasteiger partial charge is 0.416 e. The molecule has 0 radical (unpaired) electrons. The van der Waals surface area contributed by atoms with Crippen LogP contribution in [-0.2, 0) is 23.9 Å². The highest BCUT2D eigenvalue weighted by Crippen LogP contribution is 2.30. The standard InChI is InChI=1S/C26H33F3N2O3/c1-18-15-21(16-19(2)23(18)34-25(3,4)24(32)33)9-10-30-11-13-31(14-12-30)17-20-5-7-22(8-6-20)26(27,28)29/h5-8,15-16H,9-14,17H2,1-4H3,(H,32,33). The summed E-state index contributed by atoms with van der Waals surface area (Å²) in [6.45, 7) is 12.1. The number of carboxylic acid groups (broad SMARTS) is 1. The number of carboxylic acids is 1. The summed E-state index contributed by atoms with van der Waals surface area (Å²) >= 11 is 0. The lowest BCUT2D eigenvalue weighted by Gasteiger charge is -2.34. The van der Waals surface area contributed by atoms with Crippen LogP contribution in [0.15, 0.2) is 36.4 Å². The van der Waals surface area contributed by atoms with E-state index in [9.17, 15) is 23.1 Å². The maximum Gasteiger partial charge on any atom is 0.416 e. The maximum atomic E-state index is 12.7. The minimum atomic E-state index is -4.30. The molecule has 0 saturated carbocycles. The third kappa shape index (κ3) is 6.73. The molecule has 1 heterocycles. The number of nitrogens with zero attached hydrogens (tertiary/aromatic N) is 2. The Morgan fingerprint density at radius 1 is 0.941 bits per heavy atom. The van der Waals surface area contributed by atoms with Crippen molar-refractivity contribution >= 4 is 5.97 Å². The first-order chi connectivity index (χ1) is 15.8. The zero-order chi connectivity index (χ0) is 25.1. The highest BCUT2D eigenvalue weighted by Gasteiger charge is 2.31. The van der Waals surface area contributed by atoms with Gasteiger partial charge in [0.25, 0.3) is 0 Å². The van der Waals surface area contributed by atoms with Crippen molar-refractivity contribution in [3.63, 3.8) is 0 Å². The number of hydrogen-bond acceptors (Lipinski definition) is 4. The lowest BCUT2D eigenvalue weighted by Crippen LogP contribution is -2.46. The first kappa shape index (κ1) is 26.0. The molecule has 0 bridgehead atoms. The van der Waals surface area contributed by atoms with Crippen molar-refractivity contribution in [1.29, 1.82) is 0 Å². The van der Waals surface area contributed by atoms with Gasteiger partial charge in [-0.25, -0.2) is 4.79 Å². The highest BCUT2D eigenvalue weighted by molar-refractivity contribution is 5.77. The second kappa shape index (κ2) is 10.4. The normalized spacial score (nSPS) is 16.0. The Bertz CT molecular complexity index is 972. The molecule has 5 nitrogen and oxygen atoms in total. The van der Waals surface area contributed by atoms with E-state index in [1.54, 1.807) is 26.0 Å². The monoisotopic (exact) mass is 478 g/mol. The van der Waals surface area contributed by atoms with Crippen LogP contribution in [0.25, 0.3) is 0 Å². The maximum absolute atomic E-state index is 12.7. The van der Waals surface area contributed by atoms with E-state index in [1.165, 1.54) is 5.56 Å². The number of benzene rings is 2. The van der Waals surface area contributed by atoms with Crippen molar-refractivity contribution in [3.05, 3.63) is 64.2 Å². The van der Waals surface area contributed by atoms with Gasteiger partial charge >= 0.3 is 12.1 Å². The van der Waals surface area contributed by atoms with Gasteiger partial charge in [0.15, 0.2) is 5.60 Å². The first-order valence-corrected chi connectivity index (χ1v) is 11.5. The Balaban J connectivity index is 1.49. The summed E-state index contributed by atoms with van der Waals surface area (Å²) < 4.78 is 44.0. The molecule has 34 heavy (non-hydrogen) atoms. The van der Waals surface area contributed by atoms with Gasteiger partial charge in [-0.15, -0.1) is 0 Å². The topological polar surface area (TPSA) is 53.0 Å². The lowest BCUT2D eigenvalue weighted by molar-refractivity contribution is -0.152. The lowest BCUT2D eigenvalue weighted by atomic mass is 10.0. The zero-order valence-corrected chi connectivity index (χ0v) is 20.2. The van der Waals surface area contributed by atoms with Crippen molar-refractivity contribution < 1.29 is 27.8 Å². The number of aryl methyl sites for hydroxylation is 2. The summed E-state index contributed by atoms with van der Waals surface area (Å²) in [4.78, 5) is 16.1. The average molecular weight is 479 g/mol. The molecule has 0 spiro atoms. The number of alkyl halides is 3. The van der Waals surface area contributed by atoms with E-state index in [2.05, 4.69) is 21.9 Å². The van der Waals surface area contributed by atoms with E-state index < -0.39 is 23.3 Å². The molecule has 186 valence electrons. The number of halogens is 3. The van der Waals surface area contributed by atoms with Gasteiger partial charge in [0.1, 0.15) is 5.75 Å². The van der Waals surface area contributed by atoms with Crippen molar-refractivity contribution in [3.8, 4) is 5.75 Å². The van der Waals surface area contributed by atoms with Crippen LogP contribution >= 0.6 is 0 Å². The van der Waals surface area contributed by atoms with Crippen LogP contribution in [0.1, 0.15) is 41.7 Å². The summed E-state index contributed by atoms with van der Waals surface area (Å²) in [6, 6.07) is 9.53. The van der Waals surface area contributed by atoms with Gasteiger partial charge in [0.2, 0.25) is 0 Å². The molecule has 0 atom stereocenters. The Morgan fingerprint density at radius 2 is 1.47 bits per heavy atom.